The van der Waals surface area contributed by atoms with Crippen LogP contribution in [-0.2, 0) is 9.59 Å². The molecule has 2 N–H and O–H groups in total. The predicted molar refractivity (Wildman–Crippen MR) is 94.4 cm³/mol. The van der Waals surface area contributed by atoms with Crippen LogP contribution in [0.15, 0.2) is 60.7 Å². The zero-order valence-corrected chi connectivity index (χ0v) is 14.0. The summed E-state index contributed by atoms with van der Waals surface area (Å²) in [6.07, 6.45) is 0. The molecule has 0 aliphatic carbocycles. The van der Waals surface area contributed by atoms with Crippen molar-refractivity contribution in [3.8, 4) is 0 Å². The predicted octanol–water partition coefficient (Wildman–Crippen LogP) is 1.57. The lowest BCUT2D eigenvalue weighted by atomic mass is 9.99. The molecule has 0 aliphatic rings. The van der Waals surface area contributed by atoms with Gasteiger partial charge in [-0.25, -0.2) is 0 Å². The van der Waals surface area contributed by atoms with Gasteiger partial charge < -0.3 is 15.5 Å². The Morgan fingerprint density at radius 3 is 1.83 bits per heavy atom. The summed E-state index contributed by atoms with van der Waals surface area (Å²) in [5.74, 6) is -1.25. The van der Waals surface area contributed by atoms with Gasteiger partial charge in [-0.1, -0.05) is 60.7 Å². The van der Waals surface area contributed by atoms with E-state index in [9.17, 15) is 9.59 Å². The Balaban J connectivity index is 2.09. The average molecular weight is 325 g/mol. The van der Waals surface area contributed by atoms with Crippen LogP contribution in [0.2, 0.25) is 0 Å². The van der Waals surface area contributed by atoms with E-state index in [-0.39, 0.29) is 6.04 Å². The highest BCUT2D eigenvalue weighted by Crippen LogP contribution is 2.21. The summed E-state index contributed by atoms with van der Waals surface area (Å²) in [6.45, 7) is 1.11. The van der Waals surface area contributed by atoms with Crippen molar-refractivity contribution in [1.29, 1.82) is 0 Å². The van der Waals surface area contributed by atoms with Gasteiger partial charge in [0.15, 0.2) is 0 Å². The van der Waals surface area contributed by atoms with E-state index in [0.29, 0.717) is 13.1 Å². The van der Waals surface area contributed by atoms with Crippen molar-refractivity contribution in [1.82, 2.24) is 15.5 Å². The van der Waals surface area contributed by atoms with Crippen molar-refractivity contribution in [3.63, 3.8) is 0 Å². The van der Waals surface area contributed by atoms with Crippen LogP contribution in [-0.4, -0.2) is 43.9 Å². The Bertz CT molecular complexity index is 617. The van der Waals surface area contributed by atoms with Crippen LogP contribution >= 0.6 is 0 Å². The molecule has 0 saturated heterocycles. The number of hydrogen-bond donors (Lipinski definition) is 2. The molecule has 2 aromatic rings. The SMILES string of the molecule is CN(C)CCNC(=O)C(=O)NC(c1ccccc1)c1ccccc1. The van der Waals surface area contributed by atoms with Crippen LogP contribution in [0.25, 0.3) is 0 Å². The third kappa shape index (κ3) is 5.21. The first-order chi connectivity index (χ1) is 11.6. The van der Waals surface area contributed by atoms with Gasteiger partial charge in [0.05, 0.1) is 6.04 Å². The molecular formula is C19H23N3O2. The molecule has 0 aromatic heterocycles. The molecule has 5 nitrogen and oxygen atoms in total. The normalized spacial score (nSPS) is 10.7. The summed E-state index contributed by atoms with van der Waals surface area (Å²) in [7, 11) is 3.82. The molecular weight excluding hydrogens is 302 g/mol. The Hall–Kier alpha value is -2.66. The van der Waals surface area contributed by atoms with E-state index in [1.807, 2.05) is 79.7 Å². The molecule has 0 atom stereocenters. The molecule has 2 amide bonds. The van der Waals surface area contributed by atoms with Gasteiger partial charge in [-0.15, -0.1) is 0 Å². The average Bonchev–Trinajstić information content (AvgIpc) is 2.60. The number of amides is 2. The van der Waals surface area contributed by atoms with E-state index in [1.165, 1.54) is 0 Å². The van der Waals surface area contributed by atoms with Crippen molar-refractivity contribution >= 4 is 11.8 Å². The zero-order valence-electron chi connectivity index (χ0n) is 14.0. The van der Waals surface area contributed by atoms with Crippen LogP contribution in [0.4, 0.5) is 0 Å². The largest absolute Gasteiger partial charge is 0.347 e. The molecule has 0 heterocycles. The monoisotopic (exact) mass is 325 g/mol. The highest BCUT2D eigenvalue weighted by Gasteiger charge is 2.20. The van der Waals surface area contributed by atoms with Gasteiger partial charge in [0.2, 0.25) is 0 Å². The fourth-order valence-electron chi connectivity index (χ4n) is 2.32. The fraction of sp³-hybridized carbons (Fsp3) is 0.263. The lowest BCUT2D eigenvalue weighted by Gasteiger charge is -2.19. The Labute approximate surface area is 142 Å². The third-order valence-electron chi connectivity index (χ3n) is 3.59. The van der Waals surface area contributed by atoms with Crippen LogP contribution in [0.3, 0.4) is 0 Å². The van der Waals surface area contributed by atoms with Crippen molar-refractivity contribution in [3.05, 3.63) is 71.8 Å². The second kappa shape index (κ2) is 8.84. The van der Waals surface area contributed by atoms with E-state index in [0.717, 1.165) is 11.1 Å². The maximum absolute atomic E-state index is 12.2. The minimum absolute atomic E-state index is 0.362. The minimum Gasteiger partial charge on any atom is -0.347 e. The van der Waals surface area contributed by atoms with Gasteiger partial charge in [-0.2, -0.15) is 0 Å². The number of benzene rings is 2. The molecule has 0 radical (unpaired) electrons. The van der Waals surface area contributed by atoms with E-state index in [2.05, 4.69) is 10.6 Å². The summed E-state index contributed by atoms with van der Waals surface area (Å²) in [5, 5.41) is 5.45. The molecule has 0 bridgehead atoms. The lowest BCUT2D eigenvalue weighted by Crippen LogP contribution is -2.43. The highest BCUT2D eigenvalue weighted by molar-refractivity contribution is 6.35. The van der Waals surface area contributed by atoms with Crippen LogP contribution in [0, 0.1) is 0 Å². The van der Waals surface area contributed by atoms with Gasteiger partial charge in [0.1, 0.15) is 0 Å². The molecule has 126 valence electrons. The Morgan fingerprint density at radius 1 is 0.875 bits per heavy atom. The molecule has 0 fully saturated rings. The standard InChI is InChI=1S/C19H23N3O2/c1-22(2)14-13-20-18(23)19(24)21-17(15-9-5-3-6-10-15)16-11-7-4-8-12-16/h3-12,17H,13-14H2,1-2H3,(H,20,23)(H,21,24). The quantitative estimate of drug-likeness (QED) is 0.793. The number of carbonyl (C=O) groups excluding carboxylic acids is 2. The molecule has 0 aliphatic heterocycles. The first-order valence-corrected chi connectivity index (χ1v) is 7.91. The van der Waals surface area contributed by atoms with Crippen molar-refractivity contribution < 1.29 is 9.59 Å². The minimum atomic E-state index is -0.633. The van der Waals surface area contributed by atoms with Crippen LogP contribution in [0.5, 0.6) is 0 Å². The summed E-state index contributed by atoms with van der Waals surface area (Å²) in [5.41, 5.74) is 1.86. The van der Waals surface area contributed by atoms with E-state index < -0.39 is 11.8 Å². The summed E-state index contributed by atoms with van der Waals surface area (Å²) in [4.78, 5) is 26.2. The van der Waals surface area contributed by atoms with Gasteiger partial charge in [-0.3, -0.25) is 9.59 Å². The van der Waals surface area contributed by atoms with E-state index in [1.54, 1.807) is 0 Å². The number of hydrogen-bond acceptors (Lipinski definition) is 3. The molecule has 0 saturated carbocycles. The smallest absolute Gasteiger partial charge is 0.310 e. The highest BCUT2D eigenvalue weighted by atomic mass is 16.2. The summed E-state index contributed by atoms with van der Waals surface area (Å²) in [6, 6.07) is 18.8. The number of rotatable bonds is 6. The molecule has 0 unspecified atom stereocenters. The number of nitrogens with one attached hydrogen (secondary N) is 2. The van der Waals surface area contributed by atoms with Crippen LogP contribution < -0.4 is 10.6 Å². The van der Waals surface area contributed by atoms with Gasteiger partial charge in [0, 0.05) is 13.1 Å². The summed E-state index contributed by atoms with van der Waals surface area (Å²) < 4.78 is 0. The van der Waals surface area contributed by atoms with Gasteiger partial charge >= 0.3 is 11.8 Å². The van der Waals surface area contributed by atoms with Crippen molar-refractivity contribution in [2.24, 2.45) is 0 Å². The molecule has 2 aromatic carbocycles. The van der Waals surface area contributed by atoms with E-state index in [4.69, 9.17) is 0 Å². The first-order valence-electron chi connectivity index (χ1n) is 7.91. The van der Waals surface area contributed by atoms with Crippen LogP contribution in [0.1, 0.15) is 17.2 Å². The maximum Gasteiger partial charge on any atom is 0.310 e. The first kappa shape index (κ1) is 17.7. The van der Waals surface area contributed by atoms with Gasteiger partial charge in [0.25, 0.3) is 0 Å². The van der Waals surface area contributed by atoms with Crippen molar-refractivity contribution in [2.75, 3.05) is 27.2 Å². The number of nitrogens with zero attached hydrogens (tertiary/aromatic N) is 1. The maximum atomic E-state index is 12.2. The topological polar surface area (TPSA) is 61.4 Å². The Morgan fingerprint density at radius 2 is 1.38 bits per heavy atom. The molecule has 5 heteroatoms. The lowest BCUT2D eigenvalue weighted by molar-refractivity contribution is -0.139. The number of likely N-dealkylation sites (N-methyl/N-ethyl adjacent to an activating group) is 1. The van der Waals surface area contributed by atoms with E-state index >= 15 is 0 Å². The fourth-order valence-corrected chi connectivity index (χ4v) is 2.32. The Kier molecular flexibility index (Phi) is 6.51. The number of carbonyl (C=O) groups is 2. The molecule has 24 heavy (non-hydrogen) atoms. The zero-order chi connectivity index (χ0) is 17.4. The summed E-state index contributed by atoms with van der Waals surface area (Å²) >= 11 is 0. The molecule has 0 spiro atoms. The second-order valence-corrected chi connectivity index (χ2v) is 5.79. The third-order valence-corrected chi connectivity index (χ3v) is 3.59. The molecule has 2 rings (SSSR count). The second-order valence-electron chi connectivity index (χ2n) is 5.79. The van der Waals surface area contributed by atoms with Gasteiger partial charge in [-0.05, 0) is 25.2 Å². The van der Waals surface area contributed by atoms with Crippen molar-refractivity contribution in [2.45, 2.75) is 6.04 Å².